The summed E-state index contributed by atoms with van der Waals surface area (Å²) in [5.41, 5.74) is -0.956. The number of rotatable bonds is 7. The van der Waals surface area contributed by atoms with Crippen molar-refractivity contribution in [3.63, 3.8) is 0 Å². The molecule has 0 radical (unpaired) electrons. The molecule has 0 spiro atoms. The molecular formula is C28H31F3O4. The van der Waals surface area contributed by atoms with Crippen LogP contribution in [-0.2, 0) is 10.9 Å². The number of para-hydroxylation sites is 1. The van der Waals surface area contributed by atoms with Crippen LogP contribution < -0.4 is 9.47 Å². The first kappa shape index (κ1) is 24.2. The molecule has 7 heteroatoms. The van der Waals surface area contributed by atoms with Crippen LogP contribution in [0.3, 0.4) is 0 Å². The molecule has 4 nitrogen and oxygen atoms in total. The molecule has 0 saturated heterocycles. The van der Waals surface area contributed by atoms with Crippen LogP contribution in [0.1, 0.15) is 61.9 Å². The van der Waals surface area contributed by atoms with E-state index in [0.29, 0.717) is 17.6 Å². The number of ether oxygens (including phenoxy) is 3. The third-order valence-electron chi connectivity index (χ3n) is 7.70. The summed E-state index contributed by atoms with van der Waals surface area (Å²) in [5, 5.41) is 0. The summed E-state index contributed by atoms with van der Waals surface area (Å²) in [6.07, 6.45) is 0.378. The summed E-state index contributed by atoms with van der Waals surface area (Å²) in [6.45, 7) is 3.75. The van der Waals surface area contributed by atoms with Crippen molar-refractivity contribution < 1.29 is 32.2 Å². The number of hydrogen-bond donors (Lipinski definition) is 0. The second-order valence-corrected chi connectivity index (χ2v) is 10.7. The van der Waals surface area contributed by atoms with Crippen molar-refractivity contribution in [3.05, 3.63) is 59.7 Å². The molecule has 4 aliphatic carbocycles. The summed E-state index contributed by atoms with van der Waals surface area (Å²) in [4.78, 5) is 12.6. The molecule has 2 aromatic carbocycles. The molecule has 4 fully saturated rings. The van der Waals surface area contributed by atoms with E-state index >= 15 is 0 Å². The Bertz CT molecular complexity index is 1020. The minimum absolute atomic E-state index is 0.00997. The van der Waals surface area contributed by atoms with Gasteiger partial charge in [0.05, 0.1) is 17.2 Å². The second kappa shape index (κ2) is 9.49. The van der Waals surface area contributed by atoms with Gasteiger partial charge < -0.3 is 14.2 Å². The van der Waals surface area contributed by atoms with Gasteiger partial charge in [0.2, 0.25) is 6.29 Å². The lowest BCUT2D eigenvalue weighted by atomic mass is 9.55. The van der Waals surface area contributed by atoms with Crippen LogP contribution in [0.2, 0.25) is 0 Å². The highest BCUT2D eigenvalue weighted by Crippen LogP contribution is 2.55. The smallest absolute Gasteiger partial charge is 0.419 e. The first-order chi connectivity index (χ1) is 16.7. The lowest BCUT2D eigenvalue weighted by Crippen LogP contribution is -2.51. The van der Waals surface area contributed by atoms with Gasteiger partial charge in [-0.05, 0) is 86.1 Å². The van der Waals surface area contributed by atoms with Gasteiger partial charge in [-0.3, -0.25) is 0 Å². The zero-order valence-electron chi connectivity index (χ0n) is 20.0. The molecule has 4 aliphatic rings. The van der Waals surface area contributed by atoms with Crippen molar-refractivity contribution >= 4 is 5.97 Å². The lowest BCUT2D eigenvalue weighted by molar-refractivity contribution is -0.212. The zero-order valence-corrected chi connectivity index (χ0v) is 20.0. The predicted molar refractivity (Wildman–Crippen MR) is 124 cm³/mol. The summed E-state index contributed by atoms with van der Waals surface area (Å²) < 4.78 is 59.2. The van der Waals surface area contributed by atoms with Crippen LogP contribution in [0.4, 0.5) is 13.2 Å². The summed E-state index contributed by atoms with van der Waals surface area (Å²) in [6, 6.07) is 11.5. The first-order valence-electron chi connectivity index (χ1n) is 12.5. The minimum Gasteiger partial charge on any atom is -0.464 e. The Labute approximate surface area is 203 Å². The lowest BCUT2D eigenvalue weighted by Gasteiger charge is -2.54. The van der Waals surface area contributed by atoms with Crippen molar-refractivity contribution in [2.45, 2.75) is 64.5 Å². The summed E-state index contributed by atoms with van der Waals surface area (Å²) in [7, 11) is 0. The van der Waals surface area contributed by atoms with E-state index in [4.69, 9.17) is 14.2 Å². The third kappa shape index (κ3) is 5.20. The van der Waals surface area contributed by atoms with E-state index in [1.165, 1.54) is 6.42 Å². The molecule has 1 unspecified atom stereocenters. The maximum Gasteiger partial charge on any atom is 0.419 e. The van der Waals surface area contributed by atoms with E-state index in [1.807, 2.05) is 13.8 Å². The third-order valence-corrected chi connectivity index (χ3v) is 7.70. The average Bonchev–Trinajstić information content (AvgIpc) is 2.80. The van der Waals surface area contributed by atoms with E-state index in [2.05, 4.69) is 0 Å². The number of halogens is 3. The fourth-order valence-electron chi connectivity index (χ4n) is 6.33. The minimum atomic E-state index is -4.64. The Morgan fingerprint density at radius 1 is 0.914 bits per heavy atom. The topological polar surface area (TPSA) is 44.8 Å². The van der Waals surface area contributed by atoms with E-state index in [1.54, 1.807) is 30.3 Å². The SMILES string of the molecule is CC(C)C(Oc1cc(C(=O)Oc2ccccc2)ccc1C(F)(F)F)OC1C2CC3CC(C2)CC1C3. The Hall–Kier alpha value is -2.54. The fourth-order valence-corrected chi connectivity index (χ4v) is 6.33. The summed E-state index contributed by atoms with van der Waals surface area (Å²) in [5.74, 6) is 1.40. The molecule has 4 saturated carbocycles. The normalized spacial score (nSPS) is 28.2. The van der Waals surface area contributed by atoms with Crippen LogP contribution in [0.25, 0.3) is 0 Å². The molecule has 0 aliphatic heterocycles. The van der Waals surface area contributed by atoms with Crippen molar-refractivity contribution in [3.8, 4) is 11.5 Å². The fraction of sp³-hybridized carbons (Fsp3) is 0.536. The van der Waals surface area contributed by atoms with Crippen molar-refractivity contribution in [1.29, 1.82) is 0 Å². The second-order valence-electron chi connectivity index (χ2n) is 10.7. The molecule has 188 valence electrons. The molecule has 2 aromatic rings. The molecule has 0 amide bonds. The van der Waals surface area contributed by atoms with Gasteiger partial charge in [-0.15, -0.1) is 0 Å². The molecule has 35 heavy (non-hydrogen) atoms. The van der Waals surface area contributed by atoms with E-state index in [-0.39, 0.29) is 17.6 Å². The predicted octanol–water partition coefficient (Wildman–Crippen LogP) is 7.13. The van der Waals surface area contributed by atoms with Crippen LogP contribution >= 0.6 is 0 Å². The van der Waals surface area contributed by atoms with Crippen molar-refractivity contribution in [2.75, 3.05) is 0 Å². The monoisotopic (exact) mass is 488 g/mol. The average molecular weight is 489 g/mol. The van der Waals surface area contributed by atoms with E-state index in [0.717, 1.165) is 55.7 Å². The molecular weight excluding hydrogens is 457 g/mol. The van der Waals surface area contributed by atoms with Crippen molar-refractivity contribution in [1.82, 2.24) is 0 Å². The molecule has 1 atom stereocenters. The highest BCUT2D eigenvalue weighted by molar-refractivity contribution is 5.91. The Kier molecular flexibility index (Phi) is 6.55. The molecule has 0 aromatic heterocycles. The number of alkyl halides is 3. The van der Waals surface area contributed by atoms with Gasteiger partial charge in [0.15, 0.2) is 0 Å². The van der Waals surface area contributed by atoms with Gasteiger partial charge in [-0.2, -0.15) is 13.2 Å². The van der Waals surface area contributed by atoms with Gasteiger partial charge in [0.1, 0.15) is 11.5 Å². The maximum absolute atomic E-state index is 13.8. The highest BCUT2D eigenvalue weighted by Gasteiger charge is 2.50. The van der Waals surface area contributed by atoms with Crippen LogP contribution in [0.5, 0.6) is 11.5 Å². The standard InChI is InChI=1S/C28H31F3O4/c1-16(2)27(35-25-20-11-17-10-18(13-20)14-21(25)12-17)34-24-15-19(8-9-23(24)28(29,30)31)26(32)33-22-6-4-3-5-7-22/h3-9,15-18,20-21,25,27H,10-14H2,1-2H3. The molecule has 0 heterocycles. The largest absolute Gasteiger partial charge is 0.464 e. The van der Waals surface area contributed by atoms with Gasteiger partial charge in [-0.25, -0.2) is 4.79 Å². The van der Waals surface area contributed by atoms with Gasteiger partial charge >= 0.3 is 12.1 Å². The van der Waals surface area contributed by atoms with E-state index in [9.17, 15) is 18.0 Å². The van der Waals surface area contributed by atoms with Gasteiger partial charge in [0, 0.05) is 5.92 Å². The Morgan fingerprint density at radius 3 is 2.11 bits per heavy atom. The summed E-state index contributed by atoms with van der Waals surface area (Å²) >= 11 is 0. The number of benzene rings is 2. The van der Waals surface area contributed by atoms with Crippen molar-refractivity contribution in [2.24, 2.45) is 29.6 Å². The zero-order chi connectivity index (χ0) is 24.7. The first-order valence-corrected chi connectivity index (χ1v) is 12.5. The number of carbonyl (C=O) groups is 1. The quantitative estimate of drug-likeness (QED) is 0.236. The van der Waals surface area contributed by atoms with Crippen LogP contribution in [0, 0.1) is 29.6 Å². The number of esters is 1. The number of carbonyl (C=O) groups excluding carboxylic acids is 1. The van der Waals surface area contributed by atoms with Crippen LogP contribution in [-0.4, -0.2) is 18.4 Å². The van der Waals surface area contributed by atoms with E-state index < -0.39 is 29.7 Å². The van der Waals surface area contributed by atoms with Gasteiger partial charge in [-0.1, -0.05) is 32.0 Å². The Morgan fingerprint density at radius 2 is 1.54 bits per heavy atom. The number of hydrogen-bond acceptors (Lipinski definition) is 4. The molecule has 6 rings (SSSR count). The molecule has 0 N–H and O–H groups in total. The maximum atomic E-state index is 13.8. The van der Waals surface area contributed by atoms with Gasteiger partial charge in [0.25, 0.3) is 0 Å². The Balaban J connectivity index is 1.38. The van der Waals surface area contributed by atoms with Crippen LogP contribution in [0.15, 0.2) is 48.5 Å². The highest BCUT2D eigenvalue weighted by atomic mass is 19.4. The molecule has 4 bridgehead atoms.